The molecule has 0 aliphatic carbocycles. The van der Waals surface area contributed by atoms with Gasteiger partial charge in [0.25, 0.3) is 0 Å². The van der Waals surface area contributed by atoms with Crippen molar-refractivity contribution in [3.05, 3.63) is 21.2 Å². The second-order valence-electron chi connectivity index (χ2n) is 5.20. The van der Waals surface area contributed by atoms with E-state index in [9.17, 15) is 0 Å². The van der Waals surface area contributed by atoms with Crippen LogP contribution in [0, 0.1) is 0 Å². The monoisotopic (exact) mass is 327 g/mol. The summed E-state index contributed by atoms with van der Waals surface area (Å²) in [4.78, 5) is 4.99. The van der Waals surface area contributed by atoms with Gasteiger partial charge in [0.15, 0.2) is 0 Å². The molecule has 2 heterocycles. The van der Waals surface area contributed by atoms with Crippen LogP contribution in [0.3, 0.4) is 0 Å². The zero-order chi connectivity index (χ0) is 13.6. The maximum Gasteiger partial charge on any atom is 0.138 e. The van der Waals surface area contributed by atoms with Crippen LogP contribution in [0.2, 0.25) is 0 Å². The first-order valence-electron chi connectivity index (χ1n) is 6.57. The van der Waals surface area contributed by atoms with Crippen molar-refractivity contribution in [3.8, 4) is 11.5 Å². The van der Waals surface area contributed by atoms with Crippen molar-refractivity contribution >= 4 is 15.9 Å². The first-order valence-corrected chi connectivity index (χ1v) is 7.36. The fraction of sp³-hybridized carbons (Fsp3) is 0.571. The van der Waals surface area contributed by atoms with Crippen molar-refractivity contribution < 1.29 is 14.3 Å². The van der Waals surface area contributed by atoms with E-state index in [1.54, 1.807) is 7.11 Å². The van der Waals surface area contributed by atoms with Crippen LogP contribution < -0.4 is 15.0 Å². The molecule has 0 radical (unpaired) electrons. The lowest BCUT2D eigenvalue weighted by Crippen LogP contribution is -2.14. The van der Waals surface area contributed by atoms with E-state index >= 15 is 0 Å². The van der Waals surface area contributed by atoms with Gasteiger partial charge in [-0.05, 0) is 29.8 Å². The van der Waals surface area contributed by atoms with Crippen LogP contribution in [0.5, 0.6) is 11.5 Å². The average molecular weight is 328 g/mol. The van der Waals surface area contributed by atoms with Crippen LogP contribution in [0.15, 0.2) is 4.47 Å². The molecule has 1 aromatic rings. The number of hydrogen-bond acceptors (Lipinski definition) is 4. The van der Waals surface area contributed by atoms with Crippen molar-refractivity contribution in [2.45, 2.75) is 45.4 Å². The van der Waals surface area contributed by atoms with Gasteiger partial charge in [-0.1, -0.05) is 0 Å². The highest BCUT2D eigenvalue weighted by Crippen LogP contribution is 2.49. The van der Waals surface area contributed by atoms with Gasteiger partial charge in [-0.2, -0.15) is 5.48 Å². The Bertz CT molecular complexity index is 479. The molecule has 4 nitrogen and oxygen atoms in total. The molecule has 2 atom stereocenters. The maximum atomic E-state index is 6.00. The highest BCUT2D eigenvalue weighted by molar-refractivity contribution is 9.10. The lowest BCUT2D eigenvalue weighted by atomic mass is 9.98. The fourth-order valence-corrected chi connectivity index (χ4v) is 3.56. The summed E-state index contributed by atoms with van der Waals surface area (Å²) in [5.41, 5.74) is 6.54. The molecule has 2 aliphatic heterocycles. The minimum Gasteiger partial charge on any atom is -0.490 e. The van der Waals surface area contributed by atoms with Gasteiger partial charge < -0.3 is 14.3 Å². The van der Waals surface area contributed by atoms with Gasteiger partial charge in [-0.3, -0.25) is 0 Å². The normalized spacial score (nSPS) is 23.8. The molecular formula is C14H18BrNO3. The summed E-state index contributed by atoms with van der Waals surface area (Å²) in [5, 5.41) is 0. The topological polar surface area (TPSA) is 39.7 Å². The molecule has 19 heavy (non-hydrogen) atoms. The predicted octanol–water partition coefficient (Wildman–Crippen LogP) is 2.75. The van der Waals surface area contributed by atoms with E-state index in [0.29, 0.717) is 6.54 Å². The number of halogens is 1. The third kappa shape index (κ3) is 2.14. The molecule has 2 aliphatic rings. The fourth-order valence-electron chi connectivity index (χ4n) is 2.88. The summed E-state index contributed by atoms with van der Waals surface area (Å²) in [6.07, 6.45) is 2.26. The number of hydroxylamine groups is 1. The number of nitrogens with one attached hydrogen (secondary N) is 1. The third-order valence-electron chi connectivity index (χ3n) is 3.67. The number of rotatable bonds is 3. The molecule has 1 N–H and O–H groups in total. The molecule has 3 rings (SSSR count). The molecule has 5 heteroatoms. The van der Waals surface area contributed by atoms with Crippen LogP contribution in [-0.4, -0.2) is 19.3 Å². The standard InChI is InChI=1S/C14H18BrNO3/c1-7-4-9-11(6-16-17-3)13-10(5-8(2)18-13)12(15)14(9)19-7/h7-8,16H,4-6H2,1-3H3. The van der Waals surface area contributed by atoms with Crippen LogP contribution >= 0.6 is 15.9 Å². The first kappa shape index (κ1) is 13.2. The lowest BCUT2D eigenvalue weighted by molar-refractivity contribution is 0.0856. The molecule has 0 amide bonds. The van der Waals surface area contributed by atoms with E-state index in [-0.39, 0.29) is 12.2 Å². The highest BCUT2D eigenvalue weighted by atomic mass is 79.9. The van der Waals surface area contributed by atoms with E-state index in [4.69, 9.17) is 14.3 Å². The van der Waals surface area contributed by atoms with Gasteiger partial charge >= 0.3 is 0 Å². The zero-order valence-corrected chi connectivity index (χ0v) is 13.0. The van der Waals surface area contributed by atoms with Crippen molar-refractivity contribution in [2.24, 2.45) is 0 Å². The summed E-state index contributed by atoms with van der Waals surface area (Å²) in [7, 11) is 1.63. The summed E-state index contributed by atoms with van der Waals surface area (Å²) in [6.45, 7) is 4.82. The number of hydrogen-bond donors (Lipinski definition) is 1. The van der Waals surface area contributed by atoms with Crippen LogP contribution in [-0.2, 0) is 24.2 Å². The molecule has 2 unspecified atom stereocenters. The van der Waals surface area contributed by atoms with Crippen molar-refractivity contribution in [1.29, 1.82) is 0 Å². The van der Waals surface area contributed by atoms with Crippen molar-refractivity contribution in [1.82, 2.24) is 5.48 Å². The molecule has 0 aromatic heterocycles. The number of fused-ring (bicyclic) bond motifs is 2. The Hall–Kier alpha value is -0.780. The van der Waals surface area contributed by atoms with Gasteiger partial charge in [-0.25, -0.2) is 0 Å². The zero-order valence-electron chi connectivity index (χ0n) is 11.4. The van der Waals surface area contributed by atoms with E-state index in [0.717, 1.165) is 28.8 Å². The molecule has 104 valence electrons. The smallest absolute Gasteiger partial charge is 0.138 e. The van der Waals surface area contributed by atoms with Crippen molar-refractivity contribution in [3.63, 3.8) is 0 Å². The Morgan fingerprint density at radius 1 is 1.16 bits per heavy atom. The van der Waals surface area contributed by atoms with Gasteiger partial charge in [0.1, 0.15) is 23.7 Å². The Balaban J connectivity index is 2.12. The minimum atomic E-state index is 0.215. The first-order chi connectivity index (χ1) is 9.11. The Kier molecular flexibility index (Phi) is 3.45. The minimum absolute atomic E-state index is 0.215. The SMILES string of the molecule is CONCc1c2c(c(Br)c3c1OC(C)C3)OC(C)C2. The maximum absolute atomic E-state index is 6.00. The summed E-state index contributed by atoms with van der Waals surface area (Å²) >= 11 is 3.68. The predicted molar refractivity (Wildman–Crippen MR) is 75.6 cm³/mol. The molecular weight excluding hydrogens is 310 g/mol. The second-order valence-corrected chi connectivity index (χ2v) is 5.99. The van der Waals surface area contributed by atoms with Crippen LogP contribution in [0.25, 0.3) is 0 Å². The van der Waals surface area contributed by atoms with E-state index < -0.39 is 0 Å². The molecule has 0 saturated carbocycles. The Labute approximate surface area is 121 Å². The largest absolute Gasteiger partial charge is 0.490 e. The van der Waals surface area contributed by atoms with Gasteiger partial charge in [0.05, 0.1) is 18.1 Å². The Morgan fingerprint density at radius 3 is 2.47 bits per heavy atom. The number of benzene rings is 1. The van der Waals surface area contributed by atoms with Crippen LogP contribution in [0.4, 0.5) is 0 Å². The molecule has 0 fully saturated rings. The lowest BCUT2D eigenvalue weighted by Gasteiger charge is -2.15. The average Bonchev–Trinajstić information content (AvgIpc) is 2.93. The summed E-state index contributed by atoms with van der Waals surface area (Å²) in [5.74, 6) is 1.98. The van der Waals surface area contributed by atoms with Crippen molar-refractivity contribution in [2.75, 3.05) is 7.11 Å². The van der Waals surface area contributed by atoms with Gasteiger partial charge in [-0.15, -0.1) is 0 Å². The van der Waals surface area contributed by atoms with E-state index in [1.807, 2.05) is 0 Å². The quantitative estimate of drug-likeness (QED) is 0.866. The van der Waals surface area contributed by atoms with Crippen LogP contribution in [0.1, 0.15) is 30.5 Å². The van der Waals surface area contributed by atoms with Gasteiger partial charge in [0, 0.05) is 29.5 Å². The van der Waals surface area contributed by atoms with Gasteiger partial charge in [0.2, 0.25) is 0 Å². The third-order valence-corrected chi connectivity index (χ3v) is 4.50. The number of ether oxygens (including phenoxy) is 2. The second kappa shape index (κ2) is 4.96. The van der Waals surface area contributed by atoms with E-state index in [2.05, 4.69) is 35.3 Å². The molecule has 0 bridgehead atoms. The summed E-state index contributed by atoms with van der Waals surface area (Å²) < 4.78 is 13.0. The van der Waals surface area contributed by atoms with E-state index in [1.165, 1.54) is 16.7 Å². The highest BCUT2D eigenvalue weighted by Gasteiger charge is 2.34. The molecule has 1 aromatic carbocycles. The molecule has 0 spiro atoms. The Morgan fingerprint density at radius 2 is 1.79 bits per heavy atom. The molecule has 0 saturated heterocycles. The summed E-state index contributed by atoms with van der Waals surface area (Å²) in [6, 6.07) is 0.